The van der Waals surface area contributed by atoms with E-state index in [2.05, 4.69) is 5.32 Å². The Kier molecular flexibility index (Phi) is 4.45. The molecular formula is C20H13ClFNO3S. The molecule has 0 spiro atoms. The zero-order valence-electron chi connectivity index (χ0n) is 13.8. The van der Waals surface area contributed by atoms with E-state index in [1.54, 1.807) is 36.4 Å². The van der Waals surface area contributed by atoms with Crippen molar-refractivity contribution in [3.05, 3.63) is 74.7 Å². The molecule has 1 amide bonds. The number of aromatic carboxylic acids is 1. The second-order valence-corrected chi connectivity index (χ2v) is 7.71. The van der Waals surface area contributed by atoms with Crippen molar-refractivity contribution in [1.29, 1.82) is 0 Å². The molecule has 0 fully saturated rings. The number of rotatable bonds is 3. The summed E-state index contributed by atoms with van der Waals surface area (Å²) in [6, 6.07) is 12.8. The van der Waals surface area contributed by atoms with Crippen LogP contribution in [0.1, 0.15) is 32.5 Å². The van der Waals surface area contributed by atoms with Crippen molar-refractivity contribution >= 4 is 40.5 Å². The van der Waals surface area contributed by atoms with Crippen LogP contribution in [-0.4, -0.2) is 17.0 Å². The van der Waals surface area contributed by atoms with Crippen LogP contribution in [0, 0.1) is 5.82 Å². The minimum Gasteiger partial charge on any atom is -0.477 e. The van der Waals surface area contributed by atoms with Crippen LogP contribution in [0.3, 0.4) is 0 Å². The van der Waals surface area contributed by atoms with E-state index in [1.807, 2.05) is 0 Å². The molecule has 1 aromatic heterocycles. The number of thiophene rings is 1. The fourth-order valence-corrected chi connectivity index (χ4v) is 4.69. The molecule has 27 heavy (non-hydrogen) atoms. The molecule has 7 heteroatoms. The van der Waals surface area contributed by atoms with Gasteiger partial charge in [-0.2, -0.15) is 0 Å². The minimum atomic E-state index is -1.08. The van der Waals surface area contributed by atoms with E-state index in [-0.39, 0.29) is 17.2 Å². The summed E-state index contributed by atoms with van der Waals surface area (Å²) in [4.78, 5) is 25.1. The molecule has 0 bridgehead atoms. The van der Waals surface area contributed by atoms with Gasteiger partial charge in [0, 0.05) is 27.8 Å². The van der Waals surface area contributed by atoms with Crippen molar-refractivity contribution in [3.63, 3.8) is 0 Å². The maximum atomic E-state index is 13.7. The number of carboxylic acids is 1. The van der Waals surface area contributed by atoms with Crippen LogP contribution in [0.2, 0.25) is 5.02 Å². The molecule has 0 radical (unpaired) electrons. The van der Waals surface area contributed by atoms with E-state index < -0.39 is 17.7 Å². The van der Waals surface area contributed by atoms with Crippen LogP contribution < -0.4 is 5.32 Å². The maximum absolute atomic E-state index is 13.7. The third-order valence-corrected chi connectivity index (χ3v) is 6.03. The van der Waals surface area contributed by atoms with Gasteiger partial charge in [-0.15, -0.1) is 11.3 Å². The van der Waals surface area contributed by atoms with Gasteiger partial charge in [-0.05, 0) is 35.4 Å². The average molecular weight is 402 g/mol. The molecule has 1 aliphatic heterocycles. The topological polar surface area (TPSA) is 66.4 Å². The number of halogens is 2. The van der Waals surface area contributed by atoms with Gasteiger partial charge in [-0.25, -0.2) is 9.18 Å². The third kappa shape index (κ3) is 3.22. The van der Waals surface area contributed by atoms with Gasteiger partial charge < -0.3 is 10.4 Å². The molecule has 0 saturated carbocycles. The summed E-state index contributed by atoms with van der Waals surface area (Å²) in [5, 5.41) is 13.1. The van der Waals surface area contributed by atoms with Crippen molar-refractivity contribution in [1.82, 2.24) is 0 Å². The van der Waals surface area contributed by atoms with Gasteiger partial charge in [0.25, 0.3) is 0 Å². The van der Waals surface area contributed by atoms with Crippen LogP contribution in [0.5, 0.6) is 0 Å². The molecule has 1 aliphatic rings. The van der Waals surface area contributed by atoms with Gasteiger partial charge in [0.2, 0.25) is 5.91 Å². The molecule has 3 aromatic rings. The van der Waals surface area contributed by atoms with Crippen LogP contribution in [0.4, 0.5) is 10.1 Å². The fraction of sp³-hybridized carbons (Fsp3) is 0.100. The molecular weight excluding hydrogens is 389 g/mol. The Bertz CT molecular complexity index is 1060. The summed E-state index contributed by atoms with van der Waals surface area (Å²) >= 11 is 7.05. The molecule has 0 unspecified atom stereocenters. The Morgan fingerprint density at radius 2 is 1.96 bits per heavy atom. The van der Waals surface area contributed by atoms with Crippen LogP contribution in [0.25, 0.3) is 11.1 Å². The van der Waals surface area contributed by atoms with Gasteiger partial charge in [0.15, 0.2) is 0 Å². The smallest absolute Gasteiger partial charge is 0.346 e. The third-order valence-electron chi connectivity index (χ3n) is 4.48. The van der Waals surface area contributed by atoms with Gasteiger partial charge >= 0.3 is 5.97 Å². The van der Waals surface area contributed by atoms with E-state index in [0.29, 0.717) is 32.3 Å². The fourth-order valence-electron chi connectivity index (χ4n) is 3.32. The van der Waals surface area contributed by atoms with Crippen molar-refractivity contribution in [2.45, 2.75) is 12.3 Å². The molecule has 4 nitrogen and oxygen atoms in total. The predicted molar refractivity (Wildman–Crippen MR) is 103 cm³/mol. The highest BCUT2D eigenvalue weighted by Gasteiger charge is 2.34. The minimum absolute atomic E-state index is 0.130. The Hall–Kier alpha value is -2.70. The average Bonchev–Trinajstić information content (AvgIpc) is 3.01. The Balaban J connectivity index is 1.94. The summed E-state index contributed by atoms with van der Waals surface area (Å²) in [7, 11) is 0. The molecule has 2 heterocycles. The number of carbonyl (C=O) groups is 2. The number of hydrogen-bond donors (Lipinski definition) is 2. The first-order valence-corrected chi connectivity index (χ1v) is 9.34. The number of hydrogen-bond acceptors (Lipinski definition) is 3. The summed E-state index contributed by atoms with van der Waals surface area (Å²) < 4.78 is 13.7. The van der Waals surface area contributed by atoms with E-state index in [9.17, 15) is 19.1 Å². The number of amides is 1. The normalized spacial score (nSPS) is 15.9. The molecule has 0 aliphatic carbocycles. The molecule has 136 valence electrons. The molecule has 1 atom stereocenters. The predicted octanol–water partition coefficient (Wildman–Crippen LogP) is 5.38. The molecule has 2 N–H and O–H groups in total. The van der Waals surface area contributed by atoms with Gasteiger partial charge in [0.1, 0.15) is 10.7 Å². The van der Waals surface area contributed by atoms with Gasteiger partial charge in [-0.1, -0.05) is 35.9 Å². The monoisotopic (exact) mass is 401 g/mol. The lowest BCUT2D eigenvalue weighted by Gasteiger charge is -2.24. The zero-order valence-corrected chi connectivity index (χ0v) is 15.4. The summed E-state index contributed by atoms with van der Waals surface area (Å²) in [6.07, 6.45) is 0.135. The van der Waals surface area contributed by atoms with Gasteiger partial charge in [0.05, 0.1) is 5.69 Å². The largest absolute Gasteiger partial charge is 0.477 e. The highest BCUT2D eigenvalue weighted by atomic mass is 35.5. The van der Waals surface area contributed by atoms with Crippen molar-refractivity contribution in [2.75, 3.05) is 5.32 Å². The maximum Gasteiger partial charge on any atom is 0.346 e. The molecule has 2 aromatic carbocycles. The Morgan fingerprint density at radius 1 is 1.22 bits per heavy atom. The Labute approximate surface area is 163 Å². The van der Waals surface area contributed by atoms with E-state index in [4.69, 9.17) is 11.6 Å². The molecule has 0 saturated heterocycles. The highest BCUT2D eigenvalue weighted by molar-refractivity contribution is 7.15. The second kappa shape index (κ2) is 6.79. The van der Waals surface area contributed by atoms with E-state index >= 15 is 0 Å². The van der Waals surface area contributed by atoms with Crippen molar-refractivity contribution in [2.24, 2.45) is 0 Å². The molecule has 4 rings (SSSR count). The first-order valence-electron chi connectivity index (χ1n) is 8.15. The van der Waals surface area contributed by atoms with Crippen LogP contribution >= 0.6 is 22.9 Å². The lowest BCUT2D eigenvalue weighted by Crippen LogP contribution is -2.22. The SMILES string of the molecule is O=C1C[C@H](c2cccc(F)c2)c2sc(C(=O)O)c(-c3ccc(Cl)cc3)c2N1. The number of nitrogens with one attached hydrogen (secondary N) is 1. The van der Waals surface area contributed by atoms with Gasteiger partial charge in [-0.3, -0.25) is 4.79 Å². The van der Waals surface area contributed by atoms with E-state index in [1.165, 1.54) is 12.1 Å². The quantitative estimate of drug-likeness (QED) is 0.619. The number of benzene rings is 2. The summed E-state index contributed by atoms with van der Waals surface area (Å²) in [6.45, 7) is 0. The van der Waals surface area contributed by atoms with Crippen molar-refractivity contribution < 1.29 is 19.1 Å². The summed E-state index contributed by atoms with van der Waals surface area (Å²) in [5.41, 5.74) is 2.22. The number of carboxylic acid groups (broad SMARTS) is 1. The first kappa shape index (κ1) is 17.7. The first-order chi connectivity index (χ1) is 12.9. The number of fused-ring (bicyclic) bond motifs is 1. The second-order valence-electron chi connectivity index (χ2n) is 6.22. The standard InChI is InChI=1S/C20H13ClFNO3S/c21-12-6-4-10(5-7-12)16-17-18(27-19(16)20(25)26)14(9-15(24)23-17)11-2-1-3-13(22)8-11/h1-8,14H,9H2,(H,23,24)(H,25,26)/t14-/m1/s1. The van der Waals surface area contributed by atoms with Crippen LogP contribution in [-0.2, 0) is 4.79 Å². The Morgan fingerprint density at radius 3 is 2.63 bits per heavy atom. The number of anilines is 1. The lowest BCUT2D eigenvalue weighted by atomic mass is 9.88. The van der Waals surface area contributed by atoms with E-state index in [0.717, 1.165) is 11.3 Å². The van der Waals surface area contributed by atoms with Crippen LogP contribution in [0.15, 0.2) is 48.5 Å². The zero-order chi connectivity index (χ0) is 19.1. The van der Waals surface area contributed by atoms with Crippen molar-refractivity contribution in [3.8, 4) is 11.1 Å². The number of carbonyl (C=O) groups excluding carboxylic acids is 1. The summed E-state index contributed by atoms with van der Waals surface area (Å²) in [5.74, 6) is -2.10. The highest BCUT2D eigenvalue weighted by Crippen LogP contribution is 2.49. The lowest BCUT2D eigenvalue weighted by molar-refractivity contribution is -0.116.